The SMILES string of the molecule is CCc1cc(C(=O)NN2C(=O)NC(C)(CCc3ccccc3)C2=O)sc1C. The lowest BCUT2D eigenvalue weighted by atomic mass is 9.93. The van der Waals surface area contributed by atoms with E-state index in [2.05, 4.69) is 10.7 Å². The number of carbonyl (C=O) groups is 3. The first kappa shape index (κ1) is 19.1. The summed E-state index contributed by atoms with van der Waals surface area (Å²) in [6, 6.07) is 11.0. The Hall–Kier alpha value is -2.67. The van der Waals surface area contributed by atoms with Gasteiger partial charge in [0.1, 0.15) is 5.54 Å². The van der Waals surface area contributed by atoms with Gasteiger partial charge in [0.05, 0.1) is 4.88 Å². The number of urea groups is 1. The minimum atomic E-state index is -1.04. The van der Waals surface area contributed by atoms with Crippen molar-refractivity contribution in [2.75, 3.05) is 0 Å². The predicted molar refractivity (Wildman–Crippen MR) is 104 cm³/mol. The molecule has 1 aromatic heterocycles. The molecule has 3 rings (SSSR count). The zero-order valence-electron chi connectivity index (χ0n) is 15.7. The number of hydrazine groups is 1. The van der Waals surface area contributed by atoms with E-state index in [0.29, 0.717) is 17.7 Å². The molecule has 1 unspecified atom stereocenters. The van der Waals surface area contributed by atoms with E-state index in [9.17, 15) is 14.4 Å². The Morgan fingerprint density at radius 3 is 2.59 bits per heavy atom. The highest BCUT2D eigenvalue weighted by atomic mass is 32.1. The van der Waals surface area contributed by atoms with E-state index in [1.54, 1.807) is 6.92 Å². The summed E-state index contributed by atoms with van der Waals surface area (Å²) < 4.78 is 0. The molecule has 27 heavy (non-hydrogen) atoms. The Morgan fingerprint density at radius 1 is 1.26 bits per heavy atom. The molecule has 0 bridgehead atoms. The molecular weight excluding hydrogens is 362 g/mol. The summed E-state index contributed by atoms with van der Waals surface area (Å²) in [4.78, 5) is 39.1. The Morgan fingerprint density at radius 2 is 1.96 bits per heavy atom. The van der Waals surface area contributed by atoms with Gasteiger partial charge in [-0.1, -0.05) is 37.3 Å². The number of thiophene rings is 1. The molecular formula is C20H23N3O3S. The van der Waals surface area contributed by atoms with Crippen LogP contribution in [0.3, 0.4) is 0 Å². The molecule has 1 aliphatic heterocycles. The van der Waals surface area contributed by atoms with Gasteiger partial charge in [0.15, 0.2) is 0 Å². The lowest BCUT2D eigenvalue weighted by Gasteiger charge is -2.21. The van der Waals surface area contributed by atoms with Crippen LogP contribution in [-0.4, -0.2) is 28.4 Å². The minimum Gasteiger partial charge on any atom is -0.322 e. The van der Waals surface area contributed by atoms with Gasteiger partial charge in [-0.05, 0) is 50.3 Å². The van der Waals surface area contributed by atoms with Crippen LogP contribution in [-0.2, 0) is 17.6 Å². The smallest absolute Gasteiger partial charge is 0.322 e. The molecule has 142 valence electrons. The Bertz CT molecular complexity index is 878. The van der Waals surface area contributed by atoms with Crippen LogP contribution in [0.5, 0.6) is 0 Å². The molecule has 1 aromatic carbocycles. The lowest BCUT2D eigenvalue weighted by molar-refractivity contribution is -0.132. The zero-order chi connectivity index (χ0) is 19.6. The number of hydrogen-bond acceptors (Lipinski definition) is 4. The summed E-state index contributed by atoms with van der Waals surface area (Å²) in [6.07, 6.45) is 1.93. The zero-order valence-corrected chi connectivity index (χ0v) is 16.5. The fourth-order valence-electron chi connectivity index (χ4n) is 3.13. The highest BCUT2D eigenvalue weighted by Gasteiger charge is 2.48. The maximum atomic E-state index is 12.8. The van der Waals surface area contributed by atoms with E-state index < -0.39 is 23.4 Å². The molecule has 0 spiro atoms. The molecule has 0 aliphatic carbocycles. The van der Waals surface area contributed by atoms with Crippen LogP contribution in [0.15, 0.2) is 36.4 Å². The molecule has 1 aliphatic rings. The van der Waals surface area contributed by atoms with Crippen molar-refractivity contribution in [1.29, 1.82) is 0 Å². The molecule has 1 saturated heterocycles. The van der Waals surface area contributed by atoms with Gasteiger partial charge < -0.3 is 5.32 Å². The van der Waals surface area contributed by atoms with E-state index in [1.165, 1.54) is 11.3 Å². The third-order valence-electron chi connectivity index (χ3n) is 4.86. The summed E-state index contributed by atoms with van der Waals surface area (Å²) in [5, 5.41) is 3.51. The number of imide groups is 1. The van der Waals surface area contributed by atoms with Gasteiger partial charge in [0.25, 0.3) is 11.8 Å². The molecule has 2 aromatic rings. The number of rotatable bonds is 6. The van der Waals surface area contributed by atoms with Crippen molar-refractivity contribution >= 4 is 29.2 Å². The lowest BCUT2D eigenvalue weighted by Crippen LogP contribution is -2.48. The molecule has 0 saturated carbocycles. The molecule has 0 radical (unpaired) electrons. The quantitative estimate of drug-likeness (QED) is 0.750. The molecule has 4 amide bonds. The van der Waals surface area contributed by atoms with Crippen LogP contribution in [0.4, 0.5) is 4.79 Å². The normalized spacial score (nSPS) is 19.3. The summed E-state index contributed by atoms with van der Waals surface area (Å²) in [5.74, 6) is -0.889. The first-order valence-electron chi connectivity index (χ1n) is 8.95. The van der Waals surface area contributed by atoms with Crippen molar-refractivity contribution in [2.24, 2.45) is 0 Å². The van der Waals surface area contributed by atoms with Crippen LogP contribution in [0, 0.1) is 6.92 Å². The number of hydrogen-bond donors (Lipinski definition) is 2. The average Bonchev–Trinajstić information content (AvgIpc) is 3.14. The van der Waals surface area contributed by atoms with E-state index in [1.807, 2.05) is 50.2 Å². The van der Waals surface area contributed by atoms with Gasteiger partial charge >= 0.3 is 6.03 Å². The number of carbonyl (C=O) groups excluding carboxylic acids is 3. The molecule has 7 heteroatoms. The summed E-state index contributed by atoms with van der Waals surface area (Å²) in [5.41, 5.74) is 3.59. The van der Waals surface area contributed by atoms with Crippen LogP contribution in [0.2, 0.25) is 0 Å². The van der Waals surface area contributed by atoms with E-state index in [4.69, 9.17) is 0 Å². The van der Waals surface area contributed by atoms with E-state index in [-0.39, 0.29) is 0 Å². The van der Waals surface area contributed by atoms with E-state index in [0.717, 1.165) is 27.4 Å². The average molecular weight is 385 g/mol. The number of nitrogens with one attached hydrogen (secondary N) is 2. The van der Waals surface area contributed by atoms with Crippen molar-refractivity contribution in [3.8, 4) is 0 Å². The van der Waals surface area contributed by atoms with Gasteiger partial charge in [0.2, 0.25) is 0 Å². The first-order valence-corrected chi connectivity index (χ1v) is 9.76. The van der Waals surface area contributed by atoms with Crippen LogP contribution in [0.25, 0.3) is 0 Å². The van der Waals surface area contributed by atoms with Crippen molar-refractivity contribution < 1.29 is 14.4 Å². The maximum absolute atomic E-state index is 12.8. The largest absolute Gasteiger partial charge is 0.344 e. The van der Waals surface area contributed by atoms with Crippen LogP contribution in [0.1, 0.15) is 45.9 Å². The van der Waals surface area contributed by atoms with Crippen molar-refractivity contribution in [3.63, 3.8) is 0 Å². The van der Waals surface area contributed by atoms with Gasteiger partial charge in [-0.25, -0.2) is 4.79 Å². The fourth-order valence-corrected chi connectivity index (χ4v) is 4.14. The topological polar surface area (TPSA) is 78.5 Å². The molecule has 1 atom stereocenters. The second-order valence-corrected chi connectivity index (χ2v) is 8.13. The third-order valence-corrected chi connectivity index (χ3v) is 5.95. The fraction of sp³-hybridized carbons (Fsp3) is 0.350. The van der Waals surface area contributed by atoms with Crippen LogP contribution < -0.4 is 10.7 Å². The standard InChI is InChI=1S/C20H23N3O3S/c1-4-15-12-16(27-13(15)2)17(24)22-23-18(25)20(3,21-19(23)26)11-10-14-8-6-5-7-9-14/h5-9,12H,4,10-11H2,1-3H3,(H,21,26)(H,22,24). The predicted octanol–water partition coefficient (Wildman–Crippen LogP) is 3.21. The third kappa shape index (κ3) is 3.88. The number of aryl methyl sites for hydroxylation is 3. The molecule has 6 nitrogen and oxygen atoms in total. The minimum absolute atomic E-state index is 0.444. The van der Waals surface area contributed by atoms with Gasteiger partial charge in [-0.3, -0.25) is 15.0 Å². The van der Waals surface area contributed by atoms with Gasteiger partial charge in [-0.2, -0.15) is 5.01 Å². The van der Waals surface area contributed by atoms with Crippen molar-refractivity contribution in [2.45, 2.75) is 45.6 Å². The van der Waals surface area contributed by atoms with Gasteiger partial charge in [0, 0.05) is 4.88 Å². The summed E-state index contributed by atoms with van der Waals surface area (Å²) in [6.45, 7) is 5.66. The number of nitrogens with zero attached hydrogens (tertiary/aromatic N) is 1. The molecule has 2 N–H and O–H groups in total. The van der Waals surface area contributed by atoms with Gasteiger partial charge in [-0.15, -0.1) is 11.3 Å². The van der Waals surface area contributed by atoms with Crippen LogP contribution >= 0.6 is 11.3 Å². The Labute approximate surface area is 162 Å². The number of amides is 4. The Balaban J connectivity index is 1.68. The first-order chi connectivity index (χ1) is 12.8. The second kappa shape index (κ2) is 7.52. The monoisotopic (exact) mass is 385 g/mol. The second-order valence-electron chi connectivity index (χ2n) is 6.87. The molecule has 1 fully saturated rings. The summed E-state index contributed by atoms with van der Waals surface area (Å²) >= 11 is 1.36. The maximum Gasteiger partial charge on any atom is 0.344 e. The van der Waals surface area contributed by atoms with E-state index >= 15 is 0 Å². The summed E-state index contributed by atoms with van der Waals surface area (Å²) in [7, 11) is 0. The Kier molecular flexibility index (Phi) is 5.32. The van der Waals surface area contributed by atoms with Crippen molar-refractivity contribution in [1.82, 2.24) is 15.8 Å². The van der Waals surface area contributed by atoms with Crippen molar-refractivity contribution in [3.05, 3.63) is 57.3 Å². The number of benzene rings is 1. The highest BCUT2D eigenvalue weighted by Crippen LogP contribution is 2.24. The highest BCUT2D eigenvalue weighted by molar-refractivity contribution is 7.14. The molecule has 2 heterocycles.